The van der Waals surface area contributed by atoms with Crippen LogP contribution in [0.15, 0.2) is 48.7 Å². The summed E-state index contributed by atoms with van der Waals surface area (Å²) in [6.45, 7) is -0.176. The van der Waals surface area contributed by atoms with Gasteiger partial charge in [-0.05, 0) is 29.8 Å². The monoisotopic (exact) mass is 288 g/mol. The Morgan fingerprint density at radius 3 is 2.75 bits per heavy atom. The van der Waals surface area contributed by atoms with Crippen molar-refractivity contribution in [2.24, 2.45) is 0 Å². The van der Waals surface area contributed by atoms with E-state index in [-0.39, 0.29) is 12.5 Å². The van der Waals surface area contributed by atoms with E-state index in [0.717, 1.165) is 5.56 Å². The first-order valence-electron chi connectivity index (χ1n) is 5.98. The number of hydrogen-bond acceptors (Lipinski definition) is 3. The van der Waals surface area contributed by atoms with E-state index < -0.39 is 0 Å². The second kappa shape index (κ2) is 6.84. The Balaban J connectivity index is 2.03. The van der Waals surface area contributed by atoms with Crippen molar-refractivity contribution >= 4 is 29.4 Å². The molecule has 2 aromatic rings. The van der Waals surface area contributed by atoms with Gasteiger partial charge in [-0.1, -0.05) is 29.8 Å². The number of pyridine rings is 1. The Bertz CT molecular complexity index is 624. The molecule has 102 valence electrons. The smallest absolute Gasteiger partial charge is 0.249 e. The van der Waals surface area contributed by atoms with Gasteiger partial charge in [0.1, 0.15) is 5.82 Å². The van der Waals surface area contributed by atoms with Crippen molar-refractivity contribution in [3.8, 4) is 0 Å². The maximum Gasteiger partial charge on any atom is 0.249 e. The van der Waals surface area contributed by atoms with E-state index in [1.165, 1.54) is 6.08 Å². The van der Waals surface area contributed by atoms with E-state index in [1.54, 1.807) is 36.5 Å². The van der Waals surface area contributed by atoms with Crippen molar-refractivity contribution in [2.45, 2.75) is 6.61 Å². The Morgan fingerprint density at radius 1 is 1.30 bits per heavy atom. The first-order valence-corrected chi connectivity index (χ1v) is 6.36. The number of rotatable bonds is 4. The molecular weight excluding hydrogens is 276 g/mol. The molecule has 0 radical (unpaired) electrons. The third-order valence-electron chi connectivity index (χ3n) is 2.60. The first-order chi connectivity index (χ1) is 9.69. The lowest BCUT2D eigenvalue weighted by molar-refractivity contribution is -0.111. The van der Waals surface area contributed by atoms with Gasteiger partial charge in [-0.3, -0.25) is 4.79 Å². The minimum atomic E-state index is -0.312. The van der Waals surface area contributed by atoms with Crippen LogP contribution in [0.3, 0.4) is 0 Å². The molecule has 0 bridgehead atoms. The summed E-state index contributed by atoms with van der Waals surface area (Å²) in [6.07, 6.45) is 4.63. The molecule has 0 unspecified atom stereocenters. The fraction of sp³-hybridized carbons (Fsp3) is 0.0667. The van der Waals surface area contributed by atoms with Crippen LogP contribution in [-0.2, 0) is 11.4 Å². The highest BCUT2D eigenvalue weighted by atomic mass is 35.5. The van der Waals surface area contributed by atoms with Crippen LogP contribution in [0.5, 0.6) is 0 Å². The van der Waals surface area contributed by atoms with Crippen LogP contribution in [0.4, 0.5) is 5.82 Å². The van der Waals surface area contributed by atoms with Crippen LogP contribution in [0.1, 0.15) is 11.1 Å². The third-order valence-corrected chi connectivity index (χ3v) is 2.85. The highest BCUT2D eigenvalue weighted by Gasteiger charge is 2.04. The second-order valence-electron chi connectivity index (χ2n) is 4.04. The van der Waals surface area contributed by atoms with Crippen LogP contribution in [0, 0.1) is 0 Å². The molecule has 5 heteroatoms. The zero-order valence-corrected chi connectivity index (χ0v) is 11.3. The maximum absolute atomic E-state index is 11.8. The number of nitrogens with one attached hydrogen (secondary N) is 1. The van der Waals surface area contributed by atoms with Crippen molar-refractivity contribution in [1.82, 2.24) is 4.98 Å². The van der Waals surface area contributed by atoms with E-state index in [9.17, 15) is 4.79 Å². The van der Waals surface area contributed by atoms with Crippen LogP contribution < -0.4 is 5.32 Å². The van der Waals surface area contributed by atoms with Crippen molar-refractivity contribution in [2.75, 3.05) is 5.32 Å². The third kappa shape index (κ3) is 3.91. The molecule has 1 aromatic carbocycles. The van der Waals surface area contributed by atoms with Gasteiger partial charge < -0.3 is 10.4 Å². The standard InChI is InChI=1S/C15H13ClN2O2/c16-13-6-3-11(4-7-13)5-8-14(20)18-15-12(10-19)2-1-9-17-15/h1-9,19H,10H2,(H,17,18,20)/b8-5+. The summed E-state index contributed by atoms with van der Waals surface area (Å²) in [5.74, 6) is 0.0501. The summed E-state index contributed by atoms with van der Waals surface area (Å²) in [6, 6.07) is 10.5. The number of benzene rings is 1. The largest absolute Gasteiger partial charge is 0.392 e. The van der Waals surface area contributed by atoms with Gasteiger partial charge in [0, 0.05) is 22.9 Å². The highest BCUT2D eigenvalue weighted by molar-refractivity contribution is 6.30. The summed E-state index contributed by atoms with van der Waals surface area (Å²) >= 11 is 5.78. The Kier molecular flexibility index (Phi) is 4.87. The zero-order chi connectivity index (χ0) is 14.4. The number of carbonyl (C=O) groups excluding carboxylic acids is 1. The molecule has 0 saturated heterocycles. The van der Waals surface area contributed by atoms with E-state index in [1.807, 2.05) is 12.1 Å². The summed E-state index contributed by atoms with van der Waals surface area (Å²) in [4.78, 5) is 15.8. The fourth-order valence-electron chi connectivity index (χ4n) is 1.58. The van der Waals surface area contributed by atoms with E-state index >= 15 is 0 Å². The van der Waals surface area contributed by atoms with Gasteiger partial charge in [0.2, 0.25) is 5.91 Å². The molecule has 4 nitrogen and oxygen atoms in total. The highest BCUT2D eigenvalue weighted by Crippen LogP contribution is 2.12. The summed E-state index contributed by atoms with van der Waals surface area (Å²) in [5.41, 5.74) is 1.44. The zero-order valence-electron chi connectivity index (χ0n) is 10.6. The fourth-order valence-corrected chi connectivity index (χ4v) is 1.71. The Morgan fingerprint density at radius 2 is 2.05 bits per heavy atom. The average molecular weight is 289 g/mol. The van der Waals surface area contributed by atoms with E-state index in [0.29, 0.717) is 16.4 Å². The normalized spacial score (nSPS) is 10.7. The van der Waals surface area contributed by atoms with Crippen molar-refractivity contribution < 1.29 is 9.90 Å². The van der Waals surface area contributed by atoms with Crippen LogP contribution in [-0.4, -0.2) is 16.0 Å². The van der Waals surface area contributed by atoms with Gasteiger partial charge >= 0.3 is 0 Å². The Hall–Kier alpha value is -2.17. The minimum absolute atomic E-state index is 0.176. The SMILES string of the molecule is O=C(/C=C/c1ccc(Cl)cc1)Nc1ncccc1CO. The topological polar surface area (TPSA) is 62.2 Å². The van der Waals surface area contributed by atoms with Crippen LogP contribution >= 0.6 is 11.6 Å². The summed E-state index contributed by atoms with van der Waals surface area (Å²) in [7, 11) is 0. The predicted molar refractivity (Wildman–Crippen MR) is 79.3 cm³/mol. The molecule has 0 aliphatic heterocycles. The minimum Gasteiger partial charge on any atom is -0.392 e. The molecule has 2 N–H and O–H groups in total. The lowest BCUT2D eigenvalue weighted by Crippen LogP contribution is -2.11. The molecule has 0 atom stereocenters. The molecule has 0 saturated carbocycles. The molecule has 0 spiro atoms. The summed E-state index contributed by atoms with van der Waals surface area (Å²) < 4.78 is 0. The van der Waals surface area contributed by atoms with E-state index in [4.69, 9.17) is 16.7 Å². The number of aromatic nitrogens is 1. The molecule has 0 fully saturated rings. The van der Waals surface area contributed by atoms with Gasteiger partial charge in [0.15, 0.2) is 0 Å². The maximum atomic E-state index is 11.8. The molecular formula is C15H13ClN2O2. The Labute approximate surface area is 121 Å². The molecule has 1 amide bonds. The van der Waals surface area contributed by atoms with Crippen molar-refractivity contribution in [3.05, 3.63) is 64.8 Å². The van der Waals surface area contributed by atoms with Gasteiger partial charge in [0.05, 0.1) is 6.61 Å². The lowest BCUT2D eigenvalue weighted by atomic mass is 10.2. The van der Waals surface area contributed by atoms with Gasteiger partial charge in [-0.25, -0.2) is 4.98 Å². The number of nitrogens with zero attached hydrogens (tertiary/aromatic N) is 1. The van der Waals surface area contributed by atoms with Crippen molar-refractivity contribution in [1.29, 1.82) is 0 Å². The number of anilines is 1. The van der Waals surface area contributed by atoms with Gasteiger partial charge in [-0.15, -0.1) is 0 Å². The predicted octanol–water partition coefficient (Wildman–Crippen LogP) is 2.88. The number of halogens is 1. The number of carbonyl (C=O) groups is 1. The molecule has 1 heterocycles. The van der Waals surface area contributed by atoms with Crippen LogP contribution in [0.25, 0.3) is 6.08 Å². The van der Waals surface area contributed by atoms with Crippen LogP contribution in [0.2, 0.25) is 5.02 Å². The molecule has 20 heavy (non-hydrogen) atoms. The average Bonchev–Trinajstić information content (AvgIpc) is 2.47. The first kappa shape index (κ1) is 14.2. The molecule has 0 aliphatic carbocycles. The van der Waals surface area contributed by atoms with Gasteiger partial charge in [-0.2, -0.15) is 0 Å². The molecule has 2 rings (SSSR count). The number of amides is 1. The quantitative estimate of drug-likeness (QED) is 0.851. The van der Waals surface area contributed by atoms with E-state index in [2.05, 4.69) is 10.3 Å². The lowest BCUT2D eigenvalue weighted by Gasteiger charge is -2.05. The number of hydrogen-bond donors (Lipinski definition) is 2. The number of aliphatic hydroxyl groups excluding tert-OH is 1. The summed E-state index contributed by atoms with van der Waals surface area (Å²) in [5, 5.41) is 12.4. The van der Waals surface area contributed by atoms with Gasteiger partial charge in [0.25, 0.3) is 0 Å². The molecule has 1 aromatic heterocycles. The van der Waals surface area contributed by atoms with Crippen molar-refractivity contribution in [3.63, 3.8) is 0 Å². The molecule has 0 aliphatic rings. The second-order valence-corrected chi connectivity index (χ2v) is 4.48. The number of aliphatic hydroxyl groups is 1.